The molecule has 3 heterocycles. The molecule has 2 aromatic rings. The Balaban J connectivity index is 1.85. The molecule has 2 aromatic heterocycles. The monoisotopic (exact) mass is 297 g/mol. The number of piperidine rings is 1. The zero-order valence-electron chi connectivity index (χ0n) is 11.4. The molecule has 1 saturated heterocycles. The summed E-state index contributed by atoms with van der Waals surface area (Å²) in [5.41, 5.74) is 0.654. The highest BCUT2D eigenvalue weighted by atomic mass is 19.4. The van der Waals surface area contributed by atoms with Gasteiger partial charge in [0.15, 0.2) is 0 Å². The maximum absolute atomic E-state index is 12.8. The highest BCUT2D eigenvalue weighted by molar-refractivity contribution is 5.50. The fraction of sp³-hybridized carbons (Fsp3) is 0.615. The van der Waals surface area contributed by atoms with E-state index >= 15 is 0 Å². The lowest BCUT2D eigenvalue weighted by Gasteiger charge is -2.28. The summed E-state index contributed by atoms with van der Waals surface area (Å²) < 4.78 is 39.6. The largest absolute Gasteiger partial charge is 0.453 e. The number of nitrogens with zero attached hydrogens (tertiary/aromatic N) is 5. The molecule has 1 saturated carbocycles. The summed E-state index contributed by atoms with van der Waals surface area (Å²) in [5, 5.41) is 3.63. The number of anilines is 1. The van der Waals surface area contributed by atoms with Crippen LogP contribution in [0.2, 0.25) is 0 Å². The van der Waals surface area contributed by atoms with Crippen LogP contribution < -0.4 is 4.90 Å². The standard InChI is InChI=1S/C13H14F3N5/c1-7-5-10(20-4-2-3-8-6-9(8)20)21-12(17-7)18-11(19-21)13(14,15)16/h5,8-9H,2-4,6H2,1H3/t8-,9+/m0/s1. The van der Waals surface area contributed by atoms with Crippen LogP contribution in [0.5, 0.6) is 0 Å². The molecular weight excluding hydrogens is 283 g/mol. The highest BCUT2D eigenvalue weighted by Gasteiger charge is 2.45. The second kappa shape index (κ2) is 4.08. The molecule has 5 nitrogen and oxygen atoms in total. The molecule has 2 fully saturated rings. The van der Waals surface area contributed by atoms with Gasteiger partial charge in [0, 0.05) is 24.3 Å². The second-order valence-corrected chi connectivity index (χ2v) is 5.80. The molecular formula is C13H14F3N5. The Morgan fingerprint density at radius 1 is 1.29 bits per heavy atom. The number of aromatic nitrogens is 4. The summed E-state index contributed by atoms with van der Waals surface area (Å²) >= 11 is 0. The summed E-state index contributed by atoms with van der Waals surface area (Å²) in [6.07, 6.45) is -1.17. The Hall–Kier alpha value is -1.86. The molecule has 8 heteroatoms. The van der Waals surface area contributed by atoms with Gasteiger partial charge in [-0.2, -0.15) is 22.7 Å². The predicted octanol–water partition coefficient (Wildman–Crippen LogP) is 2.44. The van der Waals surface area contributed by atoms with Gasteiger partial charge in [-0.15, -0.1) is 5.10 Å². The number of aryl methyl sites for hydroxylation is 1. The van der Waals surface area contributed by atoms with Crippen LogP contribution in [0.1, 0.15) is 30.8 Å². The van der Waals surface area contributed by atoms with E-state index in [1.807, 2.05) is 0 Å². The molecule has 1 aliphatic carbocycles. The zero-order chi connectivity index (χ0) is 14.8. The highest BCUT2D eigenvalue weighted by Crippen LogP contribution is 2.45. The molecule has 112 valence electrons. The molecule has 0 aromatic carbocycles. The van der Waals surface area contributed by atoms with Crippen molar-refractivity contribution >= 4 is 11.6 Å². The van der Waals surface area contributed by atoms with E-state index < -0.39 is 12.0 Å². The van der Waals surface area contributed by atoms with Crippen molar-refractivity contribution in [1.82, 2.24) is 19.6 Å². The zero-order valence-corrected chi connectivity index (χ0v) is 11.4. The number of hydrogen-bond donors (Lipinski definition) is 0. The van der Waals surface area contributed by atoms with Crippen molar-refractivity contribution in [3.63, 3.8) is 0 Å². The quantitative estimate of drug-likeness (QED) is 0.811. The summed E-state index contributed by atoms with van der Waals surface area (Å²) in [5.74, 6) is 0.229. The van der Waals surface area contributed by atoms with E-state index in [9.17, 15) is 13.2 Å². The molecule has 2 aliphatic rings. The first-order valence-electron chi connectivity index (χ1n) is 7.02. The maximum Gasteiger partial charge on any atom is 0.453 e. The van der Waals surface area contributed by atoms with Gasteiger partial charge in [-0.3, -0.25) is 0 Å². The minimum Gasteiger partial charge on any atom is -0.353 e. The Morgan fingerprint density at radius 3 is 2.86 bits per heavy atom. The second-order valence-electron chi connectivity index (χ2n) is 5.80. The van der Waals surface area contributed by atoms with Gasteiger partial charge >= 0.3 is 6.18 Å². The van der Waals surface area contributed by atoms with E-state index in [0.29, 0.717) is 23.5 Å². The molecule has 1 aliphatic heterocycles. The van der Waals surface area contributed by atoms with Crippen molar-refractivity contribution in [2.45, 2.75) is 38.4 Å². The van der Waals surface area contributed by atoms with Crippen molar-refractivity contribution in [2.24, 2.45) is 5.92 Å². The van der Waals surface area contributed by atoms with Crippen molar-refractivity contribution in [3.8, 4) is 0 Å². The summed E-state index contributed by atoms with van der Waals surface area (Å²) in [6.45, 7) is 2.61. The maximum atomic E-state index is 12.8. The fourth-order valence-electron chi connectivity index (χ4n) is 3.19. The molecule has 0 amide bonds. The van der Waals surface area contributed by atoms with Crippen LogP contribution in [0.3, 0.4) is 0 Å². The first-order chi connectivity index (χ1) is 9.93. The van der Waals surface area contributed by atoms with Gasteiger partial charge in [-0.25, -0.2) is 4.98 Å². The molecule has 0 spiro atoms. The smallest absolute Gasteiger partial charge is 0.353 e. The molecule has 0 radical (unpaired) electrons. The number of alkyl halides is 3. The summed E-state index contributed by atoms with van der Waals surface area (Å²) in [6, 6.07) is 2.23. The first kappa shape index (κ1) is 12.8. The van der Waals surface area contributed by atoms with E-state index in [2.05, 4.69) is 20.0 Å². The Bertz CT molecular complexity index is 708. The van der Waals surface area contributed by atoms with Crippen molar-refractivity contribution < 1.29 is 13.2 Å². The van der Waals surface area contributed by atoms with Crippen LogP contribution in [-0.4, -0.2) is 32.2 Å². The van der Waals surface area contributed by atoms with Gasteiger partial charge in [0.25, 0.3) is 11.6 Å². The van der Waals surface area contributed by atoms with Crippen LogP contribution >= 0.6 is 0 Å². The minimum absolute atomic E-state index is 0.0140. The molecule has 0 N–H and O–H groups in total. The lowest BCUT2D eigenvalue weighted by atomic mass is 10.1. The van der Waals surface area contributed by atoms with Gasteiger partial charge in [0.2, 0.25) is 0 Å². The topological polar surface area (TPSA) is 46.3 Å². The van der Waals surface area contributed by atoms with Crippen LogP contribution in [0.25, 0.3) is 5.78 Å². The number of halogens is 3. The Morgan fingerprint density at radius 2 is 2.10 bits per heavy atom. The fourth-order valence-corrected chi connectivity index (χ4v) is 3.19. The summed E-state index contributed by atoms with van der Waals surface area (Å²) in [7, 11) is 0. The third-order valence-electron chi connectivity index (χ3n) is 4.23. The van der Waals surface area contributed by atoms with E-state index in [0.717, 1.165) is 19.4 Å². The van der Waals surface area contributed by atoms with Crippen LogP contribution in [-0.2, 0) is 6.18 Å². The van der Waals surface area contributed by atoms with E-state index in [1.165, 1.54) is 10.9 Å². The molecule has 0 bridgehead atoms. The van der Waals surface area contributed by atoms with Gasteiger partial charge < -0.3 is 4.90 Å². The average Bonchev–Trinajstić information content (AvgIpc) is 3.07. The van der Waals surface area contributed by atoms with Crippen molar-refractivity contribution in [1.29, 1.82) is 0 Å². The van der Waals surface area contributed by atoms with Crippen molar-refractivity contribution in [2.75, 3.05) is 11.4 Å². The number of fused-ring (bicyclic) bond motifs is 2. The average molecular weight is 297 g/mol. The summed E-state index contributed by atoms with van der Waals surface area (Å²) in [4.78, 5) is 9.75. The van der Waals surface area contributed by atoms with Crippen LogP contribution in [0.4, 0.5) is 19.0 Å². The molecule has 2 atom stereocenters. The van der Waals surface area contributed by atoms with E-state index in [-0.39, 0.29) is 5.78 Å². The van der Waals surface area contributed by atoms with Gasteiger partial charge in [-0.05, 0) is 32.1 Å². The first-order valence-corrected chi connectivity index (χ1v) is 7.02. The normalized spacial score (nSPS) is 25.2. The van der Waals surface area contributed by atoms with E-state index in [1.54, 1.807) is 13.0 Å². The SMILES string of the molecule is Cc1cc(N2CCC[C@H]3C[C@H]32)n2nc(C(F)(F)F)nc2n1. The minimum atomic E-state index is -4.55. The molecule has 21 heavy (non-hydrogen) atoms. The van der Waals surface area contributed by atoms with E-state index in [4.69, 9.17) is 0 Å². The van der Waals surface area contributed by atoms with Crippen LogP contribution in [0.15, 0.2) is 6.07 Å². The third-order valence-corrected chi connectivity index (χ3v) is 4.23. The lowest BCUT2D eigenvalue weighted by Crippen LogP contribution is -2.33. The Labute approximate surface area is 118 Å². The number of hydrogen-bond acceptors (Lipinski definition) is 4. The third kappa shape index (κ3) is 2.04. The Kier molecular flexibility index (Phi) is 2.50. The predicted molar refractivity (Wildman–Crippen MR) is 69.0 cm³/mol. The molecule has 0 unspecified atom stereocenters. The molecule has 4 rings (SSSR count). The van der Waals surface area contributed by atoms with Crippen LogP contribution in [0, 0.1) is 12.8 Å². The lowest BCUT2D eigenvalue weighted by molar-refractivity contribution is -0.144. The van der Waals surface area contributed by atoms with Gasteiger partial charge in [0.05, 0.1) is 0 Å². The number of rotatable bonds is 1. The van der Waals surface area contributed by atoms with Gasteiger partial charge in [-0.1, -0.05) is 0 Å². The van der Waals surface area contributed by atoms with Crippen molar-refractivity contribution in [3.05, 3.63) is 17.6 Å². The van der Waals surface area contributed by atoms with Gasteiger partial charge in [0.1, 0.15) is 5.82 Å².